The van der Waals surface area contributed by atoms with E-state index in [0.717, 1.165) is 22.3 Å². The maximum atomic E-state index is 13.1. The number of rotatable bonds is 3. The molecule has 0 aliphatic rings. The van der Waals surface area contributed by atoms with Gasteiger partial charge >= 0.3 is 0 Å². The van der Waals surface area contributed by atoms with Gasteiger partial charge in [-0.1, -0.05) is 0 Å². The Morgan fingerprint density at radius 1 is 1.28 bits per heavy atom. The van der Waals surface area contributed by atoms with Crippen LogP contribution >= 0.6 is 27.3 Å². The molecule has 1 N–H and O–H groups in total. The van der Waals surface area contributed by atoms with Crippen molar-refractivity contribution in [2.75, 3.05) is 4.72 Å². The van der Waals surface area contributed by atoms with Gasteiger partial charge in [0.15, 0.2) is 0 Å². The Hall–Kier alpha value is -0.920. The van der Waals surface area contributed by atoms with Crippen LogP contribution in [0.4, 0.5) is 10.1 Å². The summed E-state index contributed by atoms with van der Waals surface area (Å²) >= 11 is 4.34. The van der Waals surface area contributed by atoms with Gasteiger partial charge in [0.2, 0.25) is 0 Å². The molecule has 0 spiro atoms. The predicted molar refractivity (Wildman–Crippen MR) is 74.0 cm³/mol. The molecule has 2 aromatic rings. The van der Waals surface area contributed by atoms with Crippen LogP contribution in [0.3, 0.4) is 0 Å². The summed E-state index contributed by atoms with van der Waals surface area (Å²) in [6.07, 6.45) is 0. The Bertz CT molecular complexity index is 682. The van der Waals surface area contributed by atoms with Crippen LogP contribution in [0.15, 0.2) is 39.0 Å². The Morgan fingerprint density at radius 3 is 2.61 bits per heavy atom. The highest BCUT2D eigenvalue weighted by atomic mass is 79.9. The molecule has 7 heteroatoms. The van der Waals surface area contributed by atoms with Crippen LogP contribution < -0.4 is 4.72 Å². The van der Waals surface area contributed by atoms with E-state index in [1.54, 1.807) is 6.07 Å². The Morgan fingerprint density at radius 2 is 2.00 bits per heavy atom. The van der Waals surface area contributed by atoms with Gasteiger partial charge in [-0.15, -0.1) is 11.3 Å². The van der Waals surface area contributed by atoms with E-state index in [-0.39, 0.29) is 9.90 Å². The summed E-state index contributed by atoms with van der Waals surface area (Å²) in [5, 5.41) is 0. The van der Waals surface area contributed by atoms with Crippen molar-refractivity contribution in [3.8, 4) is 0 Å². The maximum Gasteiger partial charge on any atom is 0.271 e. The molecule has 0 radical (unpaired) electrons. The molecular formula is C11H9BrFNO2S2. The van der Waals surface area contributed by atoms with Crippen molar-refractivity contribution < 1.29 is 12.8 Å². The van der Waals surface area contributed by atoms with E-state index in [1.165, 1.54) is 18.2 Å². The molecule has 0 unspecified atom stereocenters. The number of anilines is 1. The summed E-state index contributed by atoms with van der Waals surface area (Å²) in [4.78, 5) is 0.897. The molecule has 0 aliphatic heterocycles. The first-order valence-corrected chi connectivity index (χ1v) is 8.02. The quantitative estimate of drug-likeness (QED) is 0.916. The molecule has 1 heterocycles. The predicted octanol–water partition coefficient (Wildman–Crippen LogP) is 3.76. The molecule has 0 atom stereocenters. The van der Waals surface area contributed by atoms with E-state index in [4.69, 9.17) is 0 Å². The fourth-order valence-electron chi connectivity index (χ4n) is 1.33. The molecule has 1 aromatic carbocycles. The normalized spacial score (nSPS) is 11.5. The first-order chi connectivity index (χ1) is 8.38. The molecule has 0 saturated heterocycles. The number of benzene rings is 1. The van der Waals surface area contributed by atoms with Crippen LogP contribution in [0.1, 0.15) is 4.88 Å². The molecule has 0 fully saturated rings. The Kier molecular flexibility index (Phi) is 3.74. The Balaban J connectivity index is 2.36. The topological polar surface area (TPSA) is 46.2 Å². The van der Waals surface area contributed by atoms with E-state index < -0.39 is 15.8 Å². The minimum atomic E-state index is -3.66. The van der Waals surface area contributed by atoms with Crippen LogP contribution in [0.25, 0.3) is 0 Å². The third-order valence-corrected chi connectivity index (χ3v) is 5.70. The molecule has 1 aromatic heterocycles. The van der Waals surface area contributed by atoms with Gasteiger partial charge in [0.05, 0.1) is 5.69 Å². The van der Waals surface area contributed by atoms with Gasteiger partial charge in [-0.3, -0.25) is 4.72 Å². The number of hydrogen-bond donors (Lipinski definition) is 1. The zero-order valence-electron chi connectivity index (χ0n) is 9.28. The zero-order valence-corrected chi connectivity index (χ0v) is 12.5. The van der Waals surface area contributed by atoms with E-state index in [0.29, 0.717) is 4.47 Å². The molecule has 0 amide bonds. The van der Waals surface area contributed by atoms with Crippen molar-refractivity contribution in [2.24, 2.45) is 0 Å². The SMILES string of the molecule is Cc1ccc(S(=O)(=O)Nc2cc(F)ccc2Br)s1. The lowest BCUT2D eigenvalue weighted by molar-refractivity contribution is 0.603. The van der Waals surface area contributed by atoms with E-state index in [2.05, 4.69) is 20.7 Å². The number of hydrogen-bond acceptors (Lipinski definition) is 3. The van der Waals surface area contributed by atoms with Crippen LogP contribution in [0, 0.1) is 12.7 Å². The summed E-state index contributed by atoms with van der Waals surface area (Å²) in [6.45, 7) is 1.82. The Labute approximate surface area is 117 Å². The van der Waals surface area contributed by atoms with Crippen LogP contribution in [0.2, 0.25) is 0 Å². The summed E-state index contributed by atoms with van der Waals surface area (Å²) < 4.78 is 40.2. The second kappa shape index (κ2) is 4.99. The molecule has 96 valence electrons. The molecule has 0 saturated carbocycles. The van der Waals surface area contributed by atoms with Crippen molar-refractivity contribution in [2.45, 2.75) is 11.1 Å². The lowest BCUT2D eigenvalue weighted by atomic mass is 10.3. The average molecular weight is 350 g/mol. The first-order valence-electron chi connectivity index (χ1n) is 4.93. The lowest BCUT2D eigenvalue weighted by Crippen LogP contribution is -2.12. The molecular weight excluding hydrogens is 341 g/mol. The summed E-state index contributed by atoms with van der Waals surface area (Å²) in [5.41, 5.74) is 0.182. The molecule has 18 heavy (non-hydrogen) atoms. The van der Waals surface area contributed by atoms with Gasteiger partial charge in [0, 0.05) is 9.35 Å². The largest absolute Gasteiger partial charge is 0.278 e. The van der Waals surface area contributed by atoms with E-state index in [1.807, 2.05) is 6.92 Å². The van der Waals surface area contributed by atoms with Gasteiger partial charge in [-0.25, -0.2) is 12.8 Å². The summed E-state index contributed by atoms with van der Waals surface area (Å²) in [5.74, 6) is -0.502. The maximum absolute atomic E-state index is 13.1. The second-order valence-corrected chi connectivity index (χ2v) is 7.65. The molecule has 0 bridgehead atoms. The highest BCUT2D eigenvalue weighted by Gasteiger charge is 2.17. The first kappa shape index (κ1) is 13.5. The standard InChI is InChI=1S/C11H9BrFNO2S2/c1-7-2-5-11(17-7)18(15,16)14-10-6-8(13)3-4-9(10)12/h2-6,14H,1H3. The van der Waals surface area contributed by atoms with Crippen molar-refractivity contribution in [1.82, 2.24) is 0 Å². The van der Waals surface area contributed by atoms with Crippen LogP contribution in [-0.2, 0) is 10.0 Å². The highest BCUT2D eigenvalue weighted by Crippen LogP contribution is 2.28. The fraction of sp³-hybridized carbons (Fsp3) is 0.0909. The summed E-state index contributed by atoms with van der Waals surface area (Å²) in [7, 11) is -3.66. The fourth-order valence-corrected chi connectivity index (χ4v) is 4.16. The van der Waals surface area contributed by atoms with Crippen molar-refractivity contribution >= 4 is 43.0 Å². The van der Waals surface area contributed by atoms with Gasteiger partial charge in [0.1, 0.15) is 10.0 Å². The monoisotopic (exact) mass is 349 g/mol. The minimum Gasteiger partial charge on any atom is -0.278 e. The number of aryl methyl sites for hydroxylation is 1. The highest BCUT2D eigenvalue weighted by molar-refractivity contribution is 9.10. The second-order valence-electron chi connectivity index (χ2n) is 3.59. The molecule has 2 rings (SSSR count). The van der Waals surface area contributed by atoms with Crippen LogP contribution in [-0.4, -0.2) is 8.42 Å². The number of nitrogens with one attached hydrogen (secondary N) is 1. The number of sulfonamides is 1. The van der Waals surface area contributed by atoms with Gasteiger partial charge in [-0.05, 0) is 53.2 Å². The lowest BCUT2D eigenvalue weighted by Gasteiger charge is -2.08. The van der Waals surface area contributed by atoms with Gasteiger partial charge in [-0.2, -0.15) is 0 Å². The van der Waals surface area contributed by atoms with Gasteiger partial charge < -0.3 is 0 Å². The number of thiophene rings is 1. The molecule has 3 nitrogen and oxygen atoms in total. The summed E-state index contributed by atoms with van der Waals surface area (Å²) in [6, 6.07) is 7.07. The minimum absolute atomic E-state index is 0.182. The zero-order chi connectivity index (χ0) is 13.3. The van der Waals surface area contributed by atoms with Gasteiger partial charge in [0.25, 0.3) is 10.0 Å². The van der Waals surface area contributed by atoms with Crippen molar-refractivity contribution in [1.29, 1.82) is 0 Å². The third-order valence-electron chi connectivity index (χ3n) is 2.15. The van der Waals surface area contributed by atoms with E-state index >= 15 is 0 Å². The smallest absolute Gasteiger partial charge is 0.271 e. The average Bonchev–Trinajstić information content (AvgIpc) is 2.71. The van der Waals surface area contributed by atoms with Crippen LogP contribution in [0.5, 0.6) is 0 Å². The van der Waals surface area contributed by atoms with Crippen molar-refractivity contribution in [3.63, 3.8) is 0 Å². The number of halogens is 2. The van der Waals surface area contributed by atoms with Crippen molar-refractivity contribution in [3.05, 3.63) is 45.5 Å². The molecule has 0 aliphatic carbocycles. The van der Waals surface area contributed by atoms with E-state index in [9.17, 15) is 12.8 Å². The third kappa shape index (κ3) is 2.90.